The maximum Gasteiger partial charge on any atom is 0.0701 e. The molecule has 0 aliphatic rings. The van der Waals surface area contributed by atoms with Gasteiger partial charge in [-0.1, -0.05) is 20.8 Å². The number of likely N-dealkylation sites (N-methyl/N-ethyl adjacent to an activating group) is 1. The molecule has 0 heterocycles. The molecule has 5 heteroatoms. The molecule has 0 bridgehead atoms. The molecule has 128 valence electrons. The molecule has 0 atom stereocenters. The lowest BCUT2D eigenvalue weighted by Gasteiger charge is -2.08. The average Bonchev–Trinajstić information content (AvgIpc) is 2.46. The molecule has 0 radical (unpaired) electrons. The third kappa shape index (κ3) is 19.8. The van der Waals surface area contributed by atoms with Gasteiger partial charge in [-0.25, -0.2) is 0 Å². The Balaban J connectivity index is 2.93. The van der Waals surface area contributed by atoms with Crippen LogP contribution in [-0.4, -0.2) is 65.9 Å². The lowest BCUT2D eigenvalue weighted by Crippen LogP contribution is -2.20. The summed E-state index contributed by atoms with van der Waals surface area (Å²) in [6, 6.07) is 0. The van der Waals surface area contributed by atoms with E-state index in [-0.39, 0.29) is 0 Å². The van der Waals surface area contributed by atoms with Crippen LogP contribution in [0, 0.1) is 5.92 Å². The van der Waals surface area contributed by atoms with Gasteiger partial charge in [0.1, 0.15) is 0 Å². The van der Waals surface area contributed by atoms with Crippen LogP contribution in [0.25, 0.3) is 0 Å². The topological polar surface area (TPSA) is 49.0 Å². The van der Waals surface area contributed by atoms with Crippen LogP contribution in [0.15, 0.2) is 0 Å². The highest BCUT2D eigenvalue weighted by molar-refractivity contribution is 4.44. The summed E-state index contributed by atoms with van der Waals surface area (Å²) in [4.78, 5) is 0. The van der Waals surface area contributed by atoms with Gasteiger partial charge in [0.15, 0.2) is 0 Å². The first-order chi connectivity index (χ1) is 10.3. The van der Waals surface area contributed by atoms with E-state index in [9.17, 15) is 0 Å². The summed E-state index contributed by atoms with van der Waals surface area (Å²) < 4.78 is 21.7. The third-order valence-corrected chi connectivity index (χ3v) is 2.86. The second-order valence-corrected chi connectivity index (χ2v) is 5.34. The molecule has 0 aliphatic carbocycles. The number of nitrogens with one attached hydrogen (secondary N) is 1. The Hall–Kier alpha value is -0.200. The fraction of sp³-hybridized carbons (Fsp3) is 1.00. The van der Waals surface area contributed by atoms with Crippen LogP contribution in [0.1, 0.15) is 33.6 Å². The van der Waals surface area contributed by atoms with E-state index in [1.54, 1.807) is 0 Å². The first-order valence-corrected chi connectivity index (χ1v) is 8.29. The van der Waals surface area contributed by atoms with E-state index in [0.717, 1.165) is 38.6 Å². The van der Waals surface area contributed by atoms with Crippen molar-refractivity contribution in [3.05, 3.63) is 0 Å². The quantitative estimate of drug-likeness (QED) is 0.417. The zero-order chi connectivity index (χ0) is 15.6. The minimum Gasteiger partial charge on any atom is -0.379 e. The maximum absolute atomic E-state index is 5.48. The lowest BCUT2D eigenvalue weighted by molar-refractivity contribution is -0.00191. The van der Waals surface area contributed by atoms with Gasteiger partial charge in [0.2, 0.25) is 0 Å². The molecule has 0 aliphatic heterocycles. The zero-order valence-electron chi connectivity index (χ0n) is 14.2. The van der Waals surface area contributed by atoms with Crippen molar-refractivity contribution in [3.63, 3.8) is 0 Å². The predicted molar refractivity (Wildman–Crippen MR) is 85.9 cm³/mol. The van der Waals surface area contributed by atoms with Gasteiger partial charge in [-0.2, -0.15) is 0 Å². The Bertz CT molecular complexity index is 191. The largest absolute Gasteiger partial charge is 0.379 e. The SMILES string of the molecule is CCNCCOCCOCCOCCOCCCC(C)C. The van der Waals surface area contributed by atoms with Crippen molar-refractivity contribution in [2.24, 2.45) is 5.92 Å². The molecule has 1 N–H and O–H groups in total. The molecule has 0 rings (SSSR count). The molecule has 0 fully saturated rings. The molecule has 0 aromatic carbocycles. The molecule has 0 saturated carbocycles. The Morgan fingerprint density at radius 3 is 1.67 bits per heavy atom. The van der Waals surface area contributed by atoms with Crippen molar-refractivity contribution >= 4 is 0 Å². The summed E-state index contributed by atoms with van der Waals surface area (Å²) in [5.41, 5.74) is 0. The van der Waals surface area contributed by atoms with E-state index >= 15 is 0 Å². The molecule has 0 saturated heterocycles. The van der Waals surface area contributed by atoms with Crippen LogP contribution in [-0.2, 0) is 18.9 Å². The molecule has 0 amide bonds. The van der Waals surface area contributed by atoms with Crippen molar-refractivity contribution in [2.45, 2.75) is 33.6 Å². The average molecular weight is 305 g/mol. The van der Waals surface area contributed by atoms with Crippen LogP contribution in [0.2, 0.25) is 0 Å². The Kier molecular flexibility index (Phi) is 17.7. The van der Waals surface area contributed by atoms with E-state index < -0.39 is 0 Å². The Morgan fingerprint density at radius 2 is 1.19 bits per heavy atom. The number of hydrogen-bond acceptors (Lipinski definition) is 5. The first kappa shape index (κ1) is 20.8. The summed E-state index contributed by atoms with van der Waals surface area (Å²) in [6.07, 6.45) is 2.36. The minimum absolute atomic E-state index is 0.615. The molecule has 5 nitrogen and oxygen atoms in total. The highest BCUT2D eigenvalue weighted by Crippen LogP contribution is 2.02. The summed E-state index contributed by atoms with van der Waals surface area (Å²) in [7, 11) is 0. The van der Waals surface area contributed by atoms with Crippen LogP contribution in [0.3, 0.4) is 0 Å². The standard InChI is InChI=1S/C16H35NO4/c1-4-17-7-9-19-11-13-21-15-14-20-12-10-18-8-5-6-16(2)3/h16-17H,4-15H2,1-3H3. The van der Waals surface area contributed by atoms with Gasteiger partial charge in [-0.3, -0.25) is 0 Å². The first-order valence-electron chi connectivity index (χ1n) is 8.29. The van der Waals surface area contributed by atoms with Gasteiger partial charge in [0.25, 0.3) is 0 Å². The summed E-state index contributed by atoms with van der Waals surface area (Å²) in [6.45, 7) is 13.8. The van der Waals surface area contributed by atoms with E-state index in [2.05, 4.69) is 26.1 Å². The predicted octanol–water partition coefficient (Wildman–Crippen LogP) is 2.10. The van der Waals surface area contributed by atoms with E-state index in [1.165, 1.54) is 6.42 Å². The number of rotatable bonds is 17. The second-order valence-electron chi connectivity index (χ2n) is 5.34. The van der Waals surface area contributed by atoms with Gasteiger partial charge in [-0.15, -0.1) is 0 Å². The smallest absolute Gasteiger partial charge is 0.0701 e. The molecule has 0 unspecified atom stereocenters. The van der Waals surface area contributed by atoms with Crippen LogP contribution < -0.4 is 5.32 Å². The summed E-state index contributed by atoms with van der Waals surface area (Å²) in [5.74, 6) is 0.758. The molecule has 0 spiro atoms. The molecule has 21 heavy (non-hydrogen) atoms. The van der Waals surface area contributed by atoms with Gasteiger partial charge in [-0.05, 0) is 25.3 Å². The van der Waals surface area contributed by atoms with E-state index in [0.29, 0.717) is 39.6 Å². The van der Waals surface area contributed by atoms with Crippen LogP contribution >= 0.6 is 0 Å². The normalized spacial score (nSPS) is 11.4. The minimum atomic E-state index is 0.615. The Labute approximate surface area is 130 Å². The number of ether oxygens (including phenoxy) is 4. The van der Waals surface area contributed by atoms with Crippen molar-refractivity contribution in [2.75, 3.05) is 65.9 Å². The van der Waals surface area contributed by atoms with Crippen LogP contribution in [0.4, 0.5) is 0 Å². The van der Waals surface area contributed by atoms with Gasteiger partial charge >= 0.3 is 0 Å². The fourth-order valence-electron chi connectivity index (χ4n) is 1.68. The van der Waals surface area contributed by atoms with Crippen molar-refractivity contribution < 1.29 is 18.9 Å². The second kappa shape index (κ2) is 17.9. The maximum atomic E-state index is 5.48. The third-order valence-electron chi connectivity index (χ3n) is 2.86. The highest BCUT2D eigenvalue weighted by Gasteiger charge is 1.95. The zero-order valence-corrected chi connectivity index (χ0v) is 14.2. The Morgan fingerprint density at radius 1 is 0.714 bits per heavy atom. The summed E-state index contributed by atoms with van der Waals surface area (Å²) >= 11 is 0. The molecular formula is C16H35NO4. The van der Waals surface area contributed by atoms with Gasteiger partial charge < -0.3 is 24.3 Å². The monoisotopic (exact) mass is 305 g/mol. The van der Waals surface area contributed by atoms with Crippen LogP contribution in [0.5, 0.6) is 0 Å². The van der Waals surface area contributed by atoms with Gasteiger partial charge in [0.05, 0.1) is 46.2 Å². The fourth-order valence-corrected chi connectivity index (χ4v) is 1.68. The molecule has 0 aromatic heterocycles. The summed E-state index contributed by atoms with van der Waals surface area (Å²) in [5, 5.41) is 3.20. The van der Waals surface area contributed by atoms with Crippen molar-refractivity contribution in [1.82, 2.24) is 5.32 Å². The lowest BCUT2D eigenvalue weighted by atomic mass is 10.1. The number of hydrogen-bond donors (Lipinski definition) is 1. The van der Waals surface area contributed by atoms with Crippen molar-refractivity contribution in [1.29, 1.82) is 0 Å². The van der Waals surface area contributed by atoms with E-state index in [4.69, 9.17) is 18.9 Å². The highest BCUT2D eigenvalue weighted by atomic mass is 16.6. The van der Waals surface area contributed by atoms with Gasteiger partial charge in [0, 0.05) is 13.2 Å². The molecule has 0 aromatic rings. The van der Waals surface area contributed by atoms with Crippen molar-refractivity contribution in [3.8, 4) is 0 Å². The van der Waals surface area contributed by atoms with E-state index in [1.807, 2.05) is 0 Å². The molecular weight excluding hydrogens is 270 g/mol.